The van der Waals surface area contributed by atoms with Crippen LogP contribution < -0.4 is 10.1 Å². The van der Waals surface area contributed by atoms with Crippen molar-refractivity contribution >= 4 is 17.8 Å². The van der Waals surface area contributed by atoms with Crippen molar-refractivity contribution in [3.8, 4) is 5.75 Å². The standard InChI is InChI=1S/C18H24N2O5/c1-12(2)13-6-4-5-7-15(13)25-11-16(21)20-9-8-19-18(23)14(20)10-17(22)24-3/h4-7,12,14H,8-11H2,1-3H3,(H,19,23)/t14-/m1/s1. The summed E-state index contributed by atoms with van der Waals surface area (Å²) in [5, 5.41) is 2.66. The SMILES string of the molecule is COC(=O)C[C@@H]1C(=O)NCCN1C(=O)COc1ccccc1C(C)C. The number of benzene rings is 1. The number of amides is 2. The Morgan fingerprint density at radius 2 is 2.04 bits per heavy atom. The molecule has 1 aliphatic heterocycles. The molecule has 0 aliphatic carbocycles. The summed E-state index contributed by atoms with van der Waals surface area (Å²) in [5.74, 6) is -0.309. The minimum atomic E-state index is -0.863. The molecule has 0 aromatic heterocycles. The van der Waals surface area contributed by atoms with Gasteiger partial charge in [0, 0.05) is 13.1 Å². The molecule has 2 amide bonds. The zero-order valence-electron chi connectivity index (χ0n) is 14.8. The molecule has 25 heavy (non-hydrogen) atoms. The van der Waals surface area contributed by atoms with Gasteiger partial charge in [-0.25, -0.2) is 0 Å². The molecule has 1 heterocycles. The van der Waals surface area contributed by atoms with Crippen molar-refractivity contribution in [1.82, 2.24) is 10.2 Å². The molecule has 1 aromatic carbocycles. The summed E-state index contributed by atoms with van der Waals surface area (Å²) in [4.78, 5) is 37.5. The summed E-state index contributed by atoms with van der Waals surface area (Å²) in [6.07, 6.45) is -0.170. The molecule has 1 N–H and O–H groups in total. The summed E-state index contributed by atoms with van der Waals surface area (Å²) in [5.41, 5.74) is 1.01. The number of nitrogens with one attached hydrogen (secondary N) is 1. The molecule has 1 aromatic rings. The van der Waals surface area contributed by atoms with Gasteiger partial charge in [0.25, 0.3) is 5.91 Å². The van der Waals surface area contributed by atoms with Crippen LogP contribution in [0.5, 0.6) is 5.75 Å². The zero-order chi connectivity index (χ0) is 18.4. The molecular weight excluding hydrogens is 324 g/mol. The first-order valence-electron chi connectivity index (χ1n) is 8.29. The van der Waals surface area contributed by atoms with Gasteiger partial charge in [0.05, 0.1) is 13.5 Å². The monoisotopic (exact) mass is 348 g/mol. The van der Waals surface area contributed by atoms with E-state index in [9.17, 15) is 14.4 Å². The number of methoxy groups -OCH3 is 1. The molecule has 7 nitrogen and oxygen atoms in total. The van der Waals surface area contributed by atoms with Crippen LogP contribution >= 0.6 is 0 Å². The second-order valence-electron chi connectivity index (χ2n) is 6.16. The minimum absolute atomic E-state index is 0.170. The van der Waals surface area contributed by atoms with E-state index in [1.807, 2.05) is 38.1 Å². The van der Waals surface area contributed by atoms with Crippen LogP contribution in [0.2, 0.25) is 0 Å². The first-order chi connectivity index (χ1) is 11.9. The molecule has 2 rings (SSSR count). The molecule has 136 valence electrons. The number of hydrogen-bond acceptors (Lipinski definition) is 5. The van der Waals surface area contributed by atoms with Gasteiger partial charge in [-0.05, 0) is 17.5 Å². The van der Waals surface area contributed by atoms with E-state index in [1.54, 1.807) is 0 Å². The third kappa shape index (κ3) is 4.71. The predicted molar refractivity (Wildman–Crippen MR) is 91.2 cm³/mol. The van der Waals surface area contributed by atoms with Crippen LogP contribution in [0.1, 0.15) is 31.7 Å². The van der Waals surface area contributed by atoms with Gasteiger partial charge in [0.1, 0.15) is 11.8 Å². The molecule has 1 saturated heterocycles. The maximum Gasteiger partial charge on any atom is 0.308 e. The fourth-order valence-electron chi connectivity index (χ4n) is 2.77. The van der Waals surface area contributed by atoms with Crippen molar-refractivity contribution in [2.75, 3.05) is 26.8 Å². The third-order valence-electron chi connectivity index (χ3n) is 4.13. The van der Waals surface area contributed by atoms with Gasteiger partial charge in [0.15, 0.2) is 6.61 Å². The highest BCUT2D eigenvalue weighted by Gasteiger charge is 2.35. The van der Waals surface area contributed by atoms with Crippen molar-refractivity contribution in [2.24, 2.45) is 0 Å². The largest absolute Gasteiger partial charge is 0.483 e. The maximum absolute atomic E-state index is 12.5. The minimum Gasteiger partial charge on any atom is -0.483 e. The molecule has 0 saturated carbocycles. The van der Waals surface area contributed by atoms with Crippen LogP contribution in [0.25, 0.3) is 0 Å². The van der Waals surface area contributed by atoms with E-state index < -0.39 is 12.0 Å². The van der Waals surface area contributed by atoms with Gasteiger partial charge >= 0.3 is 5.97 Å². The van der Waals surface area contributed by atoms with E-state index in [4.69, 9.17) is 4.74 Å². The fourth-order valence-corrected chi connectivity index (χ4v) is 2.77. The van der Waals surface area contributed by atoms with E-state index in [0.717, 1.165) is 5.56 Å². The molecule has 1 fully saturated rings. The highest BCUT2D eigenvalue weighted by molar-refractivity contribution is 5.92. The number of esters is 1. The van der Waals surface area contributed by atoms with E-state index in [-0.39, 0.29) is 30.8 Å². The van der Waals surface area contributed by atoms with Crippen LogP contribution in [-0.2, 0) is 19.1 Å². The second-order valence-corrected chi connectivity index (χ2v) is 6.16. The lowest BCUT2D eigenvalue weighted by Crippen LogP contribution is -2.58. The summed E-state index contributed by atoms with van der Waals surface area (Å²) in [7, 11) is 1.25. The maximum atomic E-state index is 12.5. The van der Waals surface area contributed by atoms with Crippen molar-refractivity contribution in [3.05, 3.63) is 29.8 Å². The van der Waals surface area contributed by atoms with Gasteiger partial charge in [-0.3, -0.25) is 14.4 Å². The Kier molecular flexibility index (Phi) is 6.38. The van der Waals surface area contributed by atoms with Crippen molar-refractivity contribution in [3.63, 3.8) is 0 Å². The van der Waals surface area contributed by atoms with Crippen LogP contribution in [0, 0.1) is 0 Å². The molecule has 1 aliphatic rings. The van der Waals surface area contributed by atoms with Crippen LogP contribution in [0.3, 0.4) is 0 Å². The molecule has 0 radical (unpaired) electrons. The molecule has 0 spiro atoms. The number of rotatable bonds is 6. The van der Waals surface area contributed by atoms with E-state index >= 15 is 0 Å². The van der Waals surface area contributed by atoms with E-state index in [2.05, 4.69) is 10.1 Å². The predicted octanol–water partition coefficient (Wildman–Crippen LogP) is 1.08. The summed E-state index contributed by atoms with van der Waals surface area (Å²) in [6, 6.07) is 6.68. The molecule has 0 bridgehead atoms. The van der Waals surface area contributed by atoms with E-state index in [1.165, 1.54) is 12.0 Å². The lowest BCUT2D eigenvalue weighted by molar-refractivity contribution is -0.151. The van der Waals surface area contributed by atoms with Gasteiger partial charge in [-0.1, -0.05) is 32.0 Å². The number of carbonyl (C=O) groups excluding carboxylic acids is 3. The van der Waals surface area contributed by atoms with Gasteiger partial charge in [-0.2, -0.15) is 0 Å². The number of carbonyl (C=O) groups is 3. The Morgan fingerprint density at radius 1 is 1.32 bits per heavy atom. The first kappa shape index (κ1) is 18.8. The quantitative estimate of drug-likeness (QED) is 0.778. The lowest BCUT2D eigenvalue weighted by atomic mass is 10.0. The average molecular weight is 348 g/mol. The zero-order valence-corrected chi connectivity index (χ0v) is 14.8. The Labute approximate surface area is 147 Å². The average Bonchev–Trinajstić information content (AvgIpc) is 2.61. The Balaban J connectivity index is 2.05. The van der Waals surface area contributed by atoms with Crippen molar-refractivity contribution < 1.29 is 23.9 Å². The van der Waals surface area contributed by atoms with Crippen LogP contribution in [0.15, 0.2) is 24.3 Å². The van der Waals surface area contributed by atoms with Crippen molar-refractivity contribution in [2.45, 2.75) is 32.2 Å². The number of nitrogens with zero attached hydrogens (tertiary/aromatic N) is 1. The first-order valence-corrected chi connectivity index (χ1v) is 8.29. The van der Waals surface area contributed by atoms with Crippen LogP contribution in [0.4, 0.5) is 0 Å². The highest BCUT2D eigenvalue weighted by atomic mass is 16.5. The smallest absolute Gasteiger partial charge is 0.308 e. The lowest BCUT2D eigenvalue weighted by Gasteiger charge is -2.34. The van der Waals surface area contributed by atoms with Gasteiger partial charge in [0.2, 0.25) is 5.91 Å². The molecule has 0 unspecified atom stereocenters. The Hall–Kier alpha value is -2.57. The topological polar surface area (TPSA) is 84.9 Å². The summed E-state index contributed by atoms with van der Waals surface area (Å²) < 4.78 is 10.3. The third-order valence-corrected chi connectivity index (χ3v) is 4.13. The number of ether oxygens (including phenoxy) is 2. The van der Waals surface area contributed by atoms with Gasteiger partial charge in [-0.15, -0.1) is 0 Å². The Bertz CT molecular complexity index is 644. The van der Waals surface area contributed by atoms with Crippen LogP contribution in [-0.4, -0.2) is 55.5 Å². The molecule has 1 atom stereocenters. The van der Waals surface area contributed by atoms with Crippen molar-refractivity contribution in [1.29, 1.82) is 0 Å². The van der Waals surface area contributed by atoms with Gasteiger partial charge < -0.3 is 19.7 Å². The number of para-hydroxylation sites is 1. The summed E-state index contributed by atoms with van der Waals surface area (Å²) in [6.45, 7) is 4.59. The van der Waals surface area contributed by atoms with E-state index in [0.29, 0.717) is 18.8 Å². The Morgan fingerprint density at radius 3 is 2.72 bits per heavy atom. The number of hydrogen-bond donors (Lipinski definition) is 1. The molecular formula is C18H24N2O5. The fraction of sp³-hybridized carbons (Fsp3) is 0.500. The molecule has 7 heteroatoms. The number of piperazine rings is 1. The summed E-state index contributed by atoms with van der Waals surface area (Å²) >= 11 is 0. The second kappa shape index (κ2) is 8.50. The highest BCUT2D eigenvalue weighted by Crippen LogP contribution is 2.26. The normalized spacial score (nSPS) is 17.2.